The maximum Gasteiger partial charge on any atom is 0.318 e. The fraction of sp³-hybridized carbons (Fsp3) is 0.895. The van der Waals surface area contributed by atoms with Crippen LogP contribution in [0.4, 0.5) is 0 Å². The molecule has 23 heavy (non-hydrogen) atoms. The van der Waals surface area contributed by atoms with E-state index in [1.54, 1.807) is 0 Å². The third kappa shape index (κ3) is 13.1. The Hall–Kier alpha value is -1.06. The number of rotatable bonds is 16. The quantitative estimate of drug-likeness (QED) is 0.253. The van der Waals surface area contributed by atoms with Crippen LogP contribution in [0.2, 0.25) is 0 Å². The number of carbonyl (C=O) groups excluding carboxylic acids is 2. The summed E-state index contributed by atoms with van der Waals surface area (Å²) < 4.78 is 5.19. The topological polar surface area (TPSA) is 69.4 Å². The average molecular weight is 328 g/mol. The van der Waals surface area contributed by atoms with Crippen molar-refractivity contribution in [2.24, 2.45) is 11.7 Å². The third-order valence-electron chi connectivity index (χ3n) is 4.22. The molecule has 0 heterocycles. The van der Waals surface area contributed by atoms with Crippen molar-refractivity contribution in [3.63, 3.8) is 0 Å². The van der Waals surface area contributed by atoms with Crippen LogP contribution in [0.5, 0.6) is 0 Å². The Kier molecular flexibility index (Phi) is 15.1. The van der Waals surface area contributed by atoms with E-state index in [2.05, 4.69) is 6.92 Å². The van der Waals surface area contributed by atoms with Crippen molar-refractivity contribution in [3.05, 3.63) is 0 Å². The van der Waals surface area contributed by atoms with Gasteiger partial charge in [-0.25, -0.2) is 0 Å². The molecule has 0 saturated heterocycles. The van der Waals surface area contributed by atoms with Crippen LogP contribution >= 0.6 is 0 Å². The lowest BCUT2D eigenvalue weighted by Gasteiger charge is -2.12. The molecule has 0 fully saturated rings. The van der Waals surface area contributed by atoms with E-state index in [9.17, 15) is 9.59 Å². The predicted octanol–water partition coefficient (Wildman–Crippen LogP) is 4.74. The van der Waals surface area contributed by atoms with Gasteiger partial charge >= 0.3 is 5.97 Å². The lowest BCUT2D eigenvalue weighted by atomic mass is 10.0. The molecule has 0 spiro atoms. The molecule has 0 aromatic heterocycles. The minimum atomic E-state index is -0.766. The van der Waals surface area contributed by atoms with Crippen molar-refractivity contribution < 1.29 is 14.3 Å². The molecular weight excluding hydrogens is 290 g/mol. The number of ether oxygens (including phenoxy) is 1. The van der Waals surface area contributed by atoms with Crippen molar-refractivity contribution in [2.45, 2.75) is 97.3 Å². The van der Waals surface area contributed by atoms with Crippen LogP contribution in [0.25, 0.3) is 0 Å². The molecule has 1 amide bonds. The Bertz CT molecular complexity index is 305. The zero-order chi connectivity index (χ0) is 17.3. The van der Waals surface area contributed by atoms with Crippen LogP contribution in [0.3, 0.4) is 0 Å². The highest BCUT2D eigenvalue weighted by molar-refractivity contribution is 5.96. The van der Waals surface area contributed by atoms with Gasteiger partial charge in [-0.1, -0.05) is 84.5 Å². The number of hydrogen-bond acceptors (Lipinski definition) is 3. The molecule has 0 aromatic rings. The summed E-state index contributed by atoms with van der Waals surface area (Å²) in [6.45, 7) is 4.67. The fourth-order valence-corrected chi connectivity index (χ4v) is 2.65. The van der Waals surface area contributed by atoms with E-state index in [0.29, 0.717) is 13.0 Å². The summed E-state index contributed by atoms with van der Waals surface area (Å²) in [6, 6.07) is 0. The van der Waals surface area contributed by atoms with Gasteiger partial charge in [0.1, 0.15) is 5.92 Å². The average Bonchev–Trinajstić information content (AvgIpc) is 2.52. The maximum absolute atomic E-state index is 11.8. The summed E-state index contributed by atoms with van der Waals surface area (Å²) in [5, 5.41) is 0. The number of primary amides is 1. The van der Waals surface area contributed by atoms with Gasteiger partial charge in [-0.05, 0) is 12.8 Å². The Morgan fingerprint density at radius 2 is 1.26 bits per heavy atom. The van der Waals surface area contributed by atoms with Gasteiger partial charge in [0.15, 0.2) is 0 Å². The van der Waals surface area contributed by atoms with Crippen molar-refractivity contribution in [2.75, 3.05) is 6.61 Å². The Labute approximate surface area is 142 Å². The number of carbonyl (C=O) groups is 2. The van der Waals surface area contributed by atoms with E-state index < -0.39 is 17.8 Å². The Morgan fingerprint density at radius 3 is 1.74 bits per heavy atom. The monoisotopic (exact) mass is 327 g/mol. The van der Waals surface area contributed by atoms with Crippen LogP contribution in [0, 0.1) is 5.92 Å². The largest absolute Gasteiger partial charge is 0.465 e. The molecule has 4 nitrogen and oxygen atoms in total. The molecule has 0 bridgehead atoms. The molecule has 0 saturated carbocycles. The highest BCUT2D eigenvalue weighted by atomic mass is 16.5. The number of amides is 1. The highest BCUT2D eigenvalue weighted by Gasteiger charge is 2.24. The summed E-state index contributed by atoms with van der Waals surface area (Å²) in [7, 11) is 0. The van der Waals surface area contributed by atoms with E-state index in [1.807, 2.05) is 6.92 Å². The van der Waals surface area contributed by atoms with Crippen molar-refractivity contribution >= 4 is 11.9 Å². The minimum absolute atomic E-state index is 0.408. The van der Waals surface area contributed by atoms with Gasteiger partial charge in [0.2, 0.25) is 5.91 Å². The van der Waals surface area contributed by atoms with E-state index in [-0.39, 0.29) is 0 Å². The number of unbranched alkanes of at least 4 members (excludes halogenated alkanes) is 10. The molecule has 0 radical (unpaired) electrons. The molecule has 0 aliphatic carbocycles. The van der Waals surface area contributed by atoms with Gasteiger partial charge in [0.25, 0.3) is 0 Å². The minimum Gasteiger partial charge on any atom is -0.465 e. The first-order valence-electron chi connectivity index (χ1n) is 9.59. The SMILES string of the molecule is CCCCCCCCCCCCOC(=O)C(CCCC)C(N)=O. The molecular formula is C19H37NO3. The van der Waals surface area contributed by atoms with Crippen LogP contribution < -0.4 is 5.73 Å². The Balaban J connectivity index is 3.52. The van der Waals surface area contributed by atoms with Crippen LogP contribution in [0.1, 0.15) is 97.3 Å². The van der Waals surface area contributed by atoms with Gasteiger partial charge in [-0.2, -0.15) is 0 Å². The molecule has 4 heteroatoms. The Morgan fingerprint density at radius 1 is 0.783 bits per heavy atom. The molecule has 0 aliphatic heterocycles. The first-order valence-corrected chi connectivity index (χ1v) is 9.59. The summed E-state index contributed by atoms with van der Waals surface area (Å²) >= 11 is 0. The molecule has 1 unspecified atom stereocenters. The van der Waals surface area contributed by atoms with Crippen molar-refractivity contribution in [3.8, 4) is 0 Å². The molecule has 1 atom stereocenters. The first-order chi connectivity index (χ1) is 11.1. The number of esters is 1. The van der Waals surface area contributed by atoms with Gasteiger partial charge < -0.3 is 10.5 Å². The molecule has 2 N–H and O–H groups in total. The van der Waals surface area contributed by atoms with Crippen molar-refractivity contribution in [1.29, 1.82) is 0 Å². The molecule has 0 aromatic carbocycles. The highest BCUT2D eigenvalue weighted by Crippen LogP contribution is 2.12. The van der Waals surface area contributed by atoms with Gasteiger partial charge in [-0.15, -0.1) is 0 Å². The van der Waals surface area contributed by atoms with Crippen LogP contribution in [-0.2, 0) is 14.3 Å². The van der Waals surface area contributed by atoms with Crippen LogP contribution in [0.15, 0.2) is 0 Å². The van der Waals surface area contributed by atoms with Gasteiger partial charge in [0, 0.05) is 0 Å². The fourth-order valence-electron chi connectivity index (χ4n) is 2.65. The van der Waals surface area contributed by atoms with E-state index in [0.717, 1.165) is 25.7 Å². The van der Waals surface area contributed by atoms with Gasteiger partial charge in [-0.3, -0.25) is 9.59 Å². The molecule has 136 valence electrons. The smallest absolute Gasteiger partial charge is 0.318 e. The second-order valence-corrected chi connectivity index (χ2v) is 6.45. The third-order valence-corrected chi connectivity index (χ3v) is 4.22. The van der Waals surface area contributed by atoms with E-state index in [1.165, 1.54) is 51.4 Å². The summed E-state index contributed by atoms with van der Waals surface area (Å²) in [6.07, 6.45) is 14.7. The van der Waals surface area contributed by atoms with E-state index in [4.69, 9.17) is 10.5 Å². The van der Waals surface area contributed by atoms with Crippen molar-refractivity contribution in [1.82, 2.24) is 0 Å². The summed E-state index contributed by atoms with van der Waals surface area (Å²) in [5.41, 5.74) is 5.27. The maximum atomic E-state index is 11.8. The number of nitrogens with two attached hydrogens (primary N) is 1. The molecule has 0 aliphatic rings. The lowest BCUT2D eigenvalue weighted by Crippen LogP contribution is -2.32. The van der Waals surface area contributed by atoms with Crippen LogP contribution in [-0.4, -0.2) is 18.5 Å². The second kappa shape index (κ2) is 15.8. The van der Waals surface area contributed by atoms with E-state index >= 15 is 0 Å². The first kappa shape index (κ1) is 21.9. The standard InChI is InChI=1S/C19H37NO3/c1-3-5-7-8-9-10-11-12-13-14-16-23-19(22)17(18(20)21)15-6-4-2/h17H,3-16H2,1-2H3,(H2,20,21). The zero-order valence-electron chi connectivity index (χ0n) is 15.3. The number of hydrogen-bond donors (Lipinski definition) is 1. The second-order valence-electron chi connectivity index (χ2n) is 6.45. The predicted molar refractivity (Wildman–Crippen MR) is 95.0 cm³/mol. The summed E-state index contributed by atoms with van der Waals surface area (Å²) in [4.78, 5) is 23.1. The lowest BCUT2D eigenvalue weighted by molar-refractivity contribution is -0.152. The summed E-state index contributed by atoms with van der Waals surface area (Å²) in [5.74, 6) is -1.77. The zero-order valence-corrected chi connectivity index (χ0v) is 15.3. The molecule has 0 rings (SSSR count). The van der Waals surface area contributed by atoms with Gasteiger partial charge in [0.05, 0.1) is 6.61 Å². The normalized spacial score (nSPS) is 12.1.